The van der Waals surface area contributed by atoms with Crippen LogP contribution in [-0.4, -0.2) is 30.1 Å². The summed E-state index contributed by atoms with van der Waals surface area (Å²) in [5, 5.41) is 3.32. The molecule has 5 rings (SSSR count). The summed E-state index contributed by atoms with van der Waals surface area (Å²) in [7, 11) is 0. The monoisotopic (exact) mass is 453 g/mol. The van der Waals surface area contributed by atoms with Gasteiger partial charge in [0.25, 0.3) is 0 Å². The van der Waals surface area contributed by atoms with Crippen molar-refractivity contribution in [3.63, 3.8) is 0 Å². The lowest BCUT2D eigenvalue weighted by molar-refractivity contribution is -0.122. The Hall–Kier alpha value is -3.46. The molecule has 9 heteroatoms. The van der Waals surface area contributed by atoms with Gasteiger partial charge in [0.2, 0.25) is 18.6 Å². The SMILES string of the molecule is Cc1nc(NC(=O)[C@H]2CC(=O)N(c3ccccc3F)C2)sc1Cc1ccc2c(c1)OCO2. The number of aromatic nitrogens is 1. The number of ether oxygens (including phenoxy) is 2. The van der Waals surface area contributed by atoms with Crippen molar-refractivity contribution in [2.75, 3.05) is 23.6 Å². The highest BCUT2D eigenvalue weighted by atomic mass is 32.1. The first kappa shape index (κ1) is 20.4. The van der Waals surface area contributed by atoms with Gasteiger partial charge in [-0.1, -0.05) is 18.2 Å². The quantitative estimate of drug-likeness (QED) is 0.634. The molecule has 2 aromatic carbocycles. The van der Waals surface area contributed by atoms with E-state index in [1.54, 1.807) is 18.2 Å². The van der Waals surface area contributed by atoms with Crippen LogP contribution in [0.1, 0.15) is 22.6 Å². The van der Waals surface area contributed by atoms with Gasteiger partial charge in [-0.25, -0.2) is 9.37 Å². The van der Waals surface area contributed by atoms with Crippen LogP contribution in [-0.2, 0) is 16.0 Å². The Morgan fingerprint density at radius 2 is 2.06 bits per heavy atom. The van der Waals surface area contributed by atoms with Crippen molar-refractivity contribution in [2.24, 2.45) is 5.92 Å². The molecule has 32 heavy (non-hydrogen) atoms. The molecular weight excluding hydrogens is 433 g/mol. The van der Waals surface area contributed by atoms with E-state index in [-0.39, 0.29) is 37.3 Å². The fourth-order valence-electron chi connectivity index (χ4n) is 3.88. The van der Waals surface area contributed by atoms with Crippen molar-refractivity contribution in [1.29, 1.82) is 0 Å². The Kier molecular flexibility index (Phi) is 5.26. The molecule has 2 amide bonds. The molecule has 0 aliphatic carbocycles. The standard InChI is InChI=1S/C23H20FN3O4S/c1-13-20(9-14-6-7-18-19(8-14)31-12-30-18)32-23(25-13)26-22(29)15-10-21(28)27(11-15)17-5-3-2-4-16(17)24/h2-8,15H,9-12H2,1H3,(H,25,26,29)/t15-/m0/s1. The van der Waals surface area contributed by atoms with Gasteiger partial charge >= 0.3 is 0 Å². The summed E-state index contributed by atoms with van der Waals surface area (Å²) < 4.78 is 24.8. The minimum absolute atomic E-state index is 0.0363. The minimum Gasteiger partial charge on any atom is -0.454 e. The van der Waals surface area contributed by atoms with Crippen molar-refractivity contribution in [3.05, 3.63) is 64.4 Å². The molecule has 164 valence electrons. The van der Waals surface area contributed by atoms with Crippen LogP contribution in [0.2, 0.25) is 0 Å². The lowest BCUT2D eigenvalue weighted by atomic mass is 10.1. The number of nitrogens with one attached hydrogen (secondary N) is 1. The molecule has 1 aromatic heterocycles. The zero-order valence-corrected chi connectivity index (χ0v) is 18.1. The zero-order chi connectivity index (χ0) is 22.2. The number of amides is 2. The number of rotatable bonds is 5. The number of para-hydroxylation sites is 1. The number of nitrogens with zero attached hydrogens (tertiary/aromatic N) is 2. The number of halogens is 1. The van der Waals surface area contributed by atoms with Gasteiger partial charge in [-0.3, -0.25) is 9.59 Å². The van der Waals surface area contributed by atoms with Gasteiger partial charge in [0, 0.05) is 24.3 Å². The first-order valence-corrected chi connectivity index (χ1v) is 11.0. The van der Waals surface area contributed by atoms with E-state index in [1.807, 2.05) is 25.1 Å². The summed E-state index contributed by atoms with van der Waals surface area (Å²) in [6, 6.07) is 11.9. The molecule has 1 atom stereocenters. The topological polar surface area (TPSA) is 80.8 Å². The Balaban J connectivity index is 1.25. The number of benzene rings is 2. The van der Waals surface area contributed by atoms with Gasteiger partial charge in [0.1, 0.15) is 5.82 Å². The summed E-state index contributed by atoms with van der Waals surface area (Å²) in [6.45, 7) is 2.26. The number of hydrogen-bond acceptors (Lipinski definition) is 6. The van der Waals surface area contributed by atoms with Crippen LogP contribution in [0.25, 0.3) is 0 Å². The van der Waals surface area contributed by atoms with Crippen molar-refractivity contribution in [3.8, 4) is 11.5 Å². The van der Waals surface area contributed by atoms with Crippen LogP contribution in [0.5, 0.6) is 11.5 Å². The van der Waals surface area contributed by atoms with Crippen molar-refractivity contribution in [2.45, 2.75) is 19.8 Å². The maximum atomic E-state index is 14.1. The molecule has 3 heterocycles. The molecule has 1 N–H and O–H groups in total. The highest BCUT2D eigenvalue weighted by Crippen LogP contribution is 2.34. The van der Waals surface area contributed by atoms with Crippen LogP contribution >= 0.6 is 11.3 Å². The average molecular weight is 453 g/mol. The van der Waals surface area contributed by atoms with Crippen LogP contribution in [0.15, 0.2) is 42.5 Å². The lowest BCUT2D eigenvalue weighted by Gasteiger charge is -2.17. The van der Waals surface area contributed by atoms with Crippen molar-refractivity contribution < 1.29 is 23.5 Å². The summed E-state index contributed by atoms with van der Waals surface area (Å²) in [5.41, 5.74) is 2.09. The Morgan fingerprint density at radius 3 is 2.91 bits per heavy atom. The second-order valence-electron chi connectivity index (χ2n) is 7.74. The van der Waals surface area contributed by atoms with E-state index in [1.165, 1.54) is 22.3 Å². The molecule has 7 nitrogen and oxygen atoms in total. The number of carbonyl (C=O) groups is 2. The maximum absolute atomic E-state index is 14.1. The molecule has 0 unspecified atom stereocenters. The van der Waals surface area contributed by atoms with Gasteiger partial charge in [0.15, 0.2) is 16.6 Å². The normalized spacial score (nSPS) is 17.1. The van der Waals surface area contributed by atoms with Gasteiger partial charge in [-0.15, -0.1) is 11.3 Å². The van der Waals surface area contributed by atoms with Gasteiger partial charge in [-0.05, 0) is 36.8 Å². The Morgan fingerprint density at radius 1 is 1.25 bits per heavy atom. The molecule has 3 aromatic rings. The van der Waals surface area contributed by atoms with Crippen LogP contribution < -0.4 is 19.7 Å². The summed E-state index contributed by atoms with van der Waals surface area (Å²) in [4.78, 5) is 32.0. The highest BCUT2D eigenvalue weighted by Gasteiger charge is 2.36. The van der Waals surface area contributed by atoms with Crippen LogP contribution in [0.4, 0.5) is 15.2 Å². The van der Waals surface area contributed by atoms with Gasteiger partial charge < -0.3 is 19.7 Å². The summed E-state index contributed by atoms with van der Waals surface area (Å²) in [6.07, 6.45) is 0.688. The first-order chi connectivity index (χ1) is 15.5. The largest absolute Gasteiger partial charge is 0.454 e. The molecular formula is C23H20FN3O4S. The maximum Gasteiger partial charge on any atom is 0.231 e. The number of hydrogen-bond donors (Lipinski definition) is 1. The van der Waals surface area contributed by atoms with E-state index in [2.05, 4.69) is 10.3 Å². The summed E-state index contributed by atoms with van der Waals surface area (Å²) >= 11 is 1.40. The van der Waals surface area contributed by atoms with Gasteiger partial charge in [0.05, 0.1) is 17.3 Å². The fraction of sp³-hybridized carbons (Fsp3) is 0.261. The number of aryl methyl sites for hydroxylation is 1. The third-order valence-corrected chi connectivity index (χ3v) is 6.64. The second kappa shape index (κ2) is 8.23. The number of fused-ring (bicyclic) bond motifs is 1. The van der Waals surface area contributed by atoms with E-state index >= 15 is 0 Å². The molecule has 0 saturated carbocycles. The van der Waals surface area contributed by atoms with E-state index in [9.17, 15) is 14.0 Å². The molecule has 0 spiro atoms. The van der Waals surface area contributed by atoms with E-state index in [0.717, 1.165) is 27.6 Å². The molecule has 2 aliphatic heterocycles. The van der Waals surface area contributed by atoms with Crippen molar-refractivity contribution >= 4 is 34.0 Å². The zero-order valence-electron chi connectivity index (χ0n) is 17.3. The molecule has 0 radical (unpaired) electrons. The van der Waals surface area contributed by atoms with Crippen LogP contribution in [0.3, 0.4) is 0 Å². The fourth-order valence-corrected chi connectivity index (χ4v) is 4.88. The summed E-state index contributed by atoms with van der Waals surface area (Å²) in [5.74, 6) is -0.148. The smallest absolute Gasteiger partial charge is 0.231 e. The third kappa shape index (κ3) is 3.91. The number of thiazole rings is 1. The molecule has 0 bridgehead atoms. The number of anilines is 2. The Bertz CT molecular complexity index is 1210. The Labute approximate surface area is 187 Å². The predicted octanol–water partition coefficient (Wildman–Crippen LogP) is 3.90. The number of carbonyl (C=O) groups excluding carboxylic acids is 2. The van der Waals surface area contributed by atoms with E-state index < -0.39 is 11.7 Å². The average Bonchev–Trinajstić information content (AvgIpc) is 3.47. The molecule has 2 aliphatic rings. The van der Waals surface area contributed by atoms with E-state index in [4.69, 9.17) is 9.47 Å². The van der Waals surface area contributed by atoms with Crippen LogP contribution in [0, 0.1) is 18.7 Å². The predicted molar refractivity (Wildman–Crippen MR) is 118 cm³/mol. The van der Waals surface area contributed by atoms with Gasteiger partial charge in [-0.2, -0.15) is 0 Å². The first-order valence-electron chi connectivity index (χ1n) is 10.2. The minimum atomic E-state index is -0.566. The highest BCUT2D eigenvalue weighted by molar-refractivity contribution is 7.15. The van der Waals surface area contributed by atoms with Crippen molar-refractivity contribution in [1.82, 2.24) is 4.98 Å². The van der Waals surface area contributed by atoms with E-state index in [0.29, 0.717) is 11.6 Å². The molecule has 1 saturated heterocycles. The lowest BCUT2D eigenvalue weighted by Crippen LogP contribution is -2.28. The third-order valence-electron chi connectivity index (χ3n) is 5.56. The molecule has 1 fully saturated rings. The second-order valence-corrected chi connectivity index (χ2v) is 8.82.